The molecule has 144 valence electrons. The number of piperazine rings is 1. The van der Waals surface area contributed by atoms with Gasteiger partial charge < -0.3 is 14.5 Å². The predicted octanol–water partition coefficient (Wildman–Crippen LogP) is 0.108. The van der Waals surface area contributed by atoms with E-state index in [4.69, 9.17) is 4.74 Å². The van der Waals surface area contributed by atoms with E-state index in [2.05, 4.69) is 37.5 Å². The van der Waals surface area contributed by atoms with Crippen LogP contribution in [0, 0.1) is 0 Å². The van der Waals surface area contributed by atoms with Crippen molar-refractivity contribution in [3.8, 4) is 0 Å². The average molecular weight is 354 g/mol. The Morgan fingerprint density at radius 1 is 0.840 bits per heavy atom. The van der Waals surface area contributed by atoms with Crippen molar-refractivity contribution < 1.29 is 14.3 Å². The van der Waals surface area contributed by atoms with Crippen molar-refractivity contribution >= 4 is 11.8 Å². The smallest absolute Gasteiger partial charge is 0.237 e. The Hall–Kier alpha value is -1.18. The van der Waals surface area contributed by atoms with Crippen LogP contribution in [-0.4, -0.2) is 109 Å². The monoisotopic (exact) mass is 354 g/mol. The molecule has 0 aliphatic carbocycles. The van der Waals surface area contributed by atoms with Crippen molar-refractivity contribution in [3.05, 3.63) is 0 Å². The van der Waals surface area contributed by atoms with Crippen LogP contribution in [0.1, 0.15) is 27.7 Å². The van der Waals surface area contributed by atoms with Gasteiger partial charge in [0.2, 0.25) is 11.8 Å². The number of ether oxygens (including phenoxy) is 1. The fourth-order valence-electron chi connectivity index (χ4n) is 3.65. The largest absolute Gasteiger partial charge is 0.378 e. The van der Waals surface area contributed by atoms with Crippen LogP contribution in [0.15, 0.2) is 0 Å². The molecule has 0 saturated carbocycles. The van der Waals surface area contributed by atoms with Gasteiger partial charge in [0.05, 0.1) is 26.3 Å². The summed E-state index contributed by atoms with van der Waals surface area (Å²) in [6, 6.07) is 0.444. The third-order valence-electron chi connectivity index (χ3n) is 4.95. The zero-order valence-electron chi connectivity index (χ0n) is 16.2. The number of rotatable bonds is 6. The van der Waals surface area contributed by atoms with Gasteiger partial charge in [-0.1, -0.05) is 0 Å². The van der Waals surface area contributed by atoms with Gasteiger partial charge in [0.15, 0.2) is 0 Å². The number of carbonyl (C=O) groups excluding carboxylic acids is 2. The summed E-state index contributed by atoms with van der Waals surface area (Å²) in [7, 11) is 0. The van der Waals surface area contributed by atoms with E-state index in [-0.39, 0.29) is 23.9 Å². The Bertz CT molecular complexity index is 434. The molecule has 0 unspecified atom stereocenters. The van der Waals surface area contributed by atoms with Gasteiger partial charge in [0.1, 0.15) is 0 Å². The van der Waals surface area contributed by atoms with Crippen molar-refractivity contribution in [2.24, 2.45) is 0 Å². The predicted molar refractivity (Wildman–Crippen MR) is 97.4 cm³/mol. The molecular weight excluding hydrogens is 320 g/mol. The summed E-state index contributed by atoms with van der Waals surface area (Å²) >= 11 is 0. The van der Waals surface area contributed by atoms with Gasteiger partial charge in [-0.3, -0.25) is 19.4 Å². The minimum absolute atomic E-state index is 0.193. The third kappa shape index (κ3) is 5.94. The summed E-state index contributed by atoms with van der Waals surface area (Å²) in [5.41, 5.74) is 0. The first-order chi connectivity index (χ1) is 11.9. The van der Waals surface area contributed by atoms with Gasteiger partial charge in [0.25, 0.3) is 0 Å². The van der Waals surface area contributed by atoms with E-state index < -0.39 is 0 Å². The lowest BCUT2D eigenvalue weighted by Gasteiger charge is -2.37. The molecule has 2 rings (SSSR count). The highest BCUT2D eigenvalue weighted by Crippen LogP contribution is 2.09. The summed E-state index contributed by atoms with van der Waals surface area (Å²) in [4.78, 5) is 33.1. The highest BCUT2D eigenvalue weighted by molar-refractivity contribution is 5.79. The lowest BCUT2D eigenvalue weighted by Crippen LogP contribution is -2.54. The Morgan fingerprint density at radius 2 is 1.32 bits per heavy atom. The first-order valence-electron chi connectivity index (χ1n) is 9.50. The van der Waals surface area contributed by atoms with Crippen molar-refractivity contribution in [2.75, 3.05) is 65.6 Å². The SMILES string of the molecule is CC(C)N(C(=O)CN1CCN(CC(=O)N2CCOCC2)CC1)C(C)C. The van der Waals surface area contributed by atoms with E-state index in [1.807, 2.05) is 9.80 Å². The maximum atomic E-state index is 12.6. The molecule has 2 aliphatic heterocycles. The van der Waals surface area contributed by atoms with Crippen LogP contribution in [0.25, 0.3) is 0 Å². The highest BCUT2D eigenvalue weighted by Gasteiger charge is 2.26. The van der Waals surface area contributed by atoms with Crippen molar-refractivity contribution in [1.82, 2.24) is 19.6 Å². The minimum Gasteiger partial charge on any atom is -0.378 e. The molecule has 7 nitrogen and oxygen atoms in total. The van der Waals surface area contributed by atoms with E-state index in [0.717, 1.165) is 26.2 Å². The number of carbonyl (C=O) groups is 2. The molecule has 0 atom stereocenters. The van der Waals surface area contributed by atoms with Crippen LogP contribution in [-0.2, 0) is 14.3 Å². The number of nitrogens with zero attached hydrogens (tertiary/aromatic N) is 4. The van der Waals surface area contributed by atoms with Crippen LogP contribution in [0.5, 0.6) is 0 Å². The molecule has 0 aromatic heterocycles. The summed E-state index contributed by atoms with van der Waals surface area (Å²) in [5, 5.41) is 0. The quantitative estimate of drug-likeness (QED) is 0.678. The lowest BCUT2D eigenvalue weighted by molar-refractivity contribution is -0.139. The second-order valence-electron chi connectivity index (χ2n) is 7.53. The van der Waals surface area contributed by atoms with Crippen LogP contribution < -0.4 is 0 Å². The summed E-state index contributed by atoms with van der Waals surface area (Å²) in [6.45, 7) is 15.3. The van der Waals surface area contributed by atoms with Crippen LogP contribution in [0.3, 0.4) is 0 Å². The van der Waals surface area contributed by atoms with Crippen molar-refractivity contribution in [2.45, 2.75) is 39.8 Å². The molecule has 2 amide bonds. The Morgan fingerprint density at radius 3 is 1.80 bits per heavy atom. The molecule has 2 heterocycles. The highest BCUT2D eigenvalue weighted by atomic mass is 16.5. The van der Waals surface area contributed by atoms with E-state index >= 15 is 0 Å². The summed E-state index contributed by atoms with van der Waals surface area (Å²) in [6.07, 6.45) is 0. The van der Waals surface area contributed by atoms with E-state index in [1.165, 1.54) is 0 Å². The van der Waals surface area contributed by atoms with Gasteiger partial charge in [-0.05, 0) is 27.7 Å². The molecular formula is C18H34N4O3. The van der Waals surface area contributed by atoms with Gasteiger partial charge in [0, 0.05) is 51.4 Å². The van der Waals surface area contributed by atoms with E-state index in [1.54, 1.807) is 0 Å². The fraction of sp³-hybridized carbons (Fsp3) is 0.889. The van der Waals surface area contributed by atoms with E-state index in [9.17, 15) is 9.59 Å². The second-order valence-corrected chi connectivity index (χ2v) is 7.53. The minimum atomic E-state index is 0.193. The van der Waals surface area contributed by atoms with Crippen LogP contribution in [0.4, 0.5) is 0 Å². The third-order valence-corrected chi connectivity index (χ3v) is 4.95. The maximum absolute atomic E-state index is 12.6. The molecule has 0 N–H and O–H groups in total. The Labute approximate surface area is 151 Å². The summed E-state index contributed by atoms with van der Waals surface area (Å²) in [5.74, 6) is 0.390. The molecule has 25 heavy (non-hydrogen) atoms. The van der Waals surface area contributed by atoms with Gasteiger partial charge in [-0.25, -0.2) is 0 Å². The van der Waals surface area contributed by atoms with Crippen molar-refractivity contribution in [1.29, 1.82) is 0 Å². The molecule has 2 fully saturated rings. The van der Waals surface area contributed by atoms with Gasteiger partial charge in [-0.2, -0.15) is 0 Å². The standard InChI is InChI=1S/C18H34N4O3/c1-15(2)22(16(3)4)18(24)14-20-7-5-19(6-8-20)13-17(23)21-9-11-25-12-10-21/h15-16H,5-14H2,1-4H3. The Kier molecular flexibility index (Phi) is 7.65. The van der Waals surface area contributed by atoms with Gasteiger partial charge in [-0.15, -0.1) is 0 Å². The molecule has 2 aliphatic rings. The molecule has 0 bridgehead atoms. The fourth-order valence-corrected chi connectivity index (χ4v) is 3.65. The normalized spacial score (nSPS) is 20.3. The molecule has 7 heteroatoms. The number of morpholine rings is 1. The lowest BCUT2D eigenvalue weighted by atomic mass is 10.2. The molecule has 0 aromatic rings. The average Bonchev–Trinajstić information content (AvgIpc) is 2.56. The topological polar surface area (TPSA) is 56.3 Å². The van der Waals surface area contributed by atoms with E-state index in [0.29, 0.717) is 39.4 Å². The number of amides is 2. The molecule has 2 saturated heterocycles. The van der Waals surface area contributed by atoms with Crippen molar-refractivity contribution in [3.63, 3.8) is 0 Å². The van der Waals surface area contributed by atoms with Gasteiger partial charge >= 0.3 is 0 Å². The molecule has 0 radical (unpaired) electrons. The number of hydrogen-bond acceptors (Lipinski definition) is 5. The molecule has 0 spiro atoms. The van der Waals surface area contributed by atoms with Crippen LogP contribution in [0.2, 0.25) is 0 Å². The van der Waals surface area contributed by atoms with Crippen LogP contribution >= 0.6 is 0 Å². The Balaban J connectivity index is 1.73. The first-order valence-corrected chi connectivity index (χ1v) is 9.50. The molecule has 0 aromatic carbocycles. The zero-order valence-corrected chi connectivity index (χ0v) is 16.2. The maximum Gasteiger partial charge on any atom is 0.237 e. The first kappa shape index (κ1) is 20.1. The second kappa shape index (κ2) is 9.50. The zero-order chi connectivity index (χ0) is 18.4. The summed E-state index contributed by atoms with van der Waals surface area (Å²) < 4.78 is 5.29. The number of hydrogen-bond donors (Lipinski definition) is 0.